The SMILES string of the molecule is COc1cccc(-c2cc(F)ccc2C2CC(=NOCC(CO)CO)c3c(C)nc(N)nc3C2)n1. The van der Waals surface area contributed by atoms with Crippen molar-refractivity contribution in [3.63, 3.8) is 0 Å². The van der Waals surface area contributed by atoms with Gasteiger partial charge in [-0.1, -0.05) is 17.3 Å². The fourth-order valence-electron chi connectivity index (χ4n) is 4.29. The number of fused-ring (bicyclic) bond motifs is 1. The predicted octanol–water partition coefficient (Wildman–Crippen LogP) is 2.63. The molecule has 0 spiro atoms. The van der Waals surface area contributed by atoms with Crippen LogP contribution in [0.1, 0.15) is 34.9 Å². The molecule has 1 aromatic carbocycles. The summed E-state index contributed by atoms with van der Waals surface area (Å²) < 4.78 is 19.6. The summed E-state index contributed by atoms with van der Waals surface area (Å²) in [6, 6.07) is 9.99. The van der Waals surface area contributed by atoms with E-state index in [1.807, 2.05) is 19.1 Å². The Bertz CT molecular complexity index is 1230. The molecule has 0 aliphatic heterocycles. The number of oxime groups is 1. The van der Waals surface area contributed by atoms with Gasteiger partial charge in [0.05, 0.1) is 43.1 Å². The van der Waals surface area contributed by atoms with E-state index in [9.17, 15) is 14.6 Å². The van der Waals surface area contributed by atoms with Gasteiger partial charge in [0, 0.05) is 29.5 Å². The summed E-state index contributed by atoms with van der Waals surface area (Å²) in [5.74, 6) is -0.334. The maximum atomic E-state index is 14.3. The number of aryl methyl sites for hydroxylation is 1. The average molecular weight is 482 g/mol. The Kier molecular flexibility index (Phi) is 7.52. The van der Waals surface area contributed by atoms with Crippen LogP contribution in [0.5, 0.6) is 5.88 Å². The Hall–Kier alpha value is -3.63. The summed E-state index contributed by atoms with van der Waals surface area (Å²) in [7, 11) is 1.53. The van der Waals surface area contributed by atoms with E-state index in [1.165, 1.54) is 19.2 Å². The van der Waals surface area contributed by atoms with Crippen LogP contribution in [-0.2, 0) is 11.3 Å². The second-order valence-electron chi connectivity index (χ2n) is 8.46. The van der Waals surface area contributed by atoms with E-state index in [-0.39, 0.29) is 37.5 Å². The van der Waals surface area contributed by atoms with E-state index < -0.39 is 5.92 Å². The first-order valence-electron chi connectivity index (χ1n) is 11.3. The third-order valence-corrected chi connectivity index (χ3v) is 6.02. The van der Waals surface area contributed by atoms with Crippen LogP contribution in [0.25, 0.3) is 11.3 Å². The van der Waals surface area contributed by atoms with E-state index in [2.05, 4.69) is 20.1 Å². The molecule has 0 bridgehead atoms. The molecule has 1 atom stereocenters. The maximum Gasteiger partial charge on any atom is 0.220 e. The van der Waals surface area contributed by atoms with E-state index in [4.69, 9.17) is 15.3 Å². The van der Waals surface area contributed by atoms with Gasteiger partial charge in [0.15, 0.2) is 0 Å². The highest BCUT2D eigenvalue weighted by atomic mass is 19.1. The standard InChI is InChI=1S/C25H28FN5O4/c1-14-24-21(30-25(27)28-14)8-16(9-22(24)31-35-13-15(11-32)12-33)18-7-6-17(26)10-19(18)20-4-3-5-23(29-20)34-2/h3-7,10,15-16,32-33H,8-9,11-13H2,1-2H3,(H2,27,28,30). The number of pyridine rings is 1. The summed E-state index contributed by atoms with van der Waals surface area (Å²) in [4.78, 5) is 18.7. The third kappa shape index (κ3) is 5.39. The largest absolute Gasteiger partial charge is 0.481 e. The van der Waals surface area contributed by atoms with Gasteiger partial charge in [-0.25, -0.2) is 19.3 Å². The second-order valence-corrected chi connectivity index (χ2v) is 8.46. The molecule has 3 aromatic rings. The number of nitrogen functional groups attached to an aromatic ring is 1. The smallest absolute Gasteiger partial charge is 0.220 e. The lowest BCUT2D eigenvalue weighted by Crippen LogP contribution is -2.25. The first-order valence-corrected chi connectivity index (χ1v) is 11.3. The molecule has 0 amide bonds. The molecule has 1 aliphatic carbocycles. The topological polar surface area (TPSA) is 136 Å². The number of halogens is 1. The normalized spacial score (nSPS) is 16.4. The van der Waals surface area contributed by atoms with Crippen molar-refractivity contribution in [2.45, 2.75) is 25.7 Å². The van der Waals surface area contributed by atoms with Gasteiger partial charge < -0.3 is 25.5 Å². The number of aromatic nitrogens is 3. The van der Waals surface area contributed by atoms with Crippen LogP contribution in [0.2, 0.25) is 0 Å². The summed E-state index contributed by atoms with van der Waals surface area (Å²) in [5.41, 5.74) is 10.9. The van der Waals surface area contributed by atoms with Crippen LogP contribution in [0.3, 0.4) is 0 Å². The van der Waals surface area contributed by atoms with Crippen molar-refractivity contribution in [2.75, 3.05) is 32.7 Å². The van der Waals surface area contributed by atoms with Gasteiger partial charge in [0.2, 0.25) is 11.8 Å². The Labute approximate surface area is 202 Å². The number of aliphatic hydroxyl groups is 2. The summed E-state index contributed by atoms with van der Waals surface area (Å²) >= 11 is 0. The number of hydrogen-bond acceptors (Lipinski definition) is 9. The summed E-state index contributed by atoms with van der Waals surface area (Å²) in [6.07, 6.45) is 1.02. The van der Waals surface area contributed by atoms with E-state index >= 15 is 0 Å². The highest BCUT2D eigenvalue weighted by Crippen LogP contribution is 2.38. The monoisotopic (exact) mass is 481 g/mol. The molecule has 4 rings (SSSR count). The van der Waals surface area contributed by atoms with Crippen molar-refractivity contribution in [3.8, 4) is 17.1 Å². The molecule has 0 fully saturated rings. The van der Waals surface area contributed by atoms with Crippen molar-refractivity contribution < 1.29 is 24.2 Å². The molecule has 2 aromatic heterocycles. The minimum absolute atomic E-state index is 0.0565. The van der Waals surface area contributed by atoms with Crippen LogP contribution in [-0.4, -0.2) is 57.8 Å². The number of aliphatic hydroxyl groups excluding tert-OH is 2. The van der Waals surface area contributed by atoms with Gasteiger partial charge in [-0.05, 0) is 43.0 Å². The number of rotatable bonds is 8. The zero-order chi connectivity index (χ0) is 24.9. The predicted molar refractivity (Wildman–Crippen MR) is 129 cm³/mol. The van der Waals surface area contributed by atoms with Gasteiger partial charge in [-0.15, -0.1) is 0 Å². The van der Waals surface area contributed by atoms with Crippen molar-refractivity contribution in [3.05, 3.63) is 64.7 Å². The van der Waals surface area contributed by atoms with Gasteiger partial charge in [-0.3, -0.25) is 0 Å². The Morgan fingerprint density at radius 2 is 1.94 bits per heavy atom. The Balaban J connectivity index is 1.76. The first-order chi connectivity index (χ1) is 16.9. The number of ether oxygens (including phenoxy) is 1. The molecule has 9 nitrogen and oxygen atoms in total. The molecule has 0 saturated heterocycles. The molecule has 0 saturated carbocycles. The third-order valence-electron chi connectivity index (χ3n) is 6.02. The molecule has 10 heteroatoms. The zero-order valence-electron chi connectivity index (χ0n) is 19.6. The maximum absolute atomic E-state index is 14.3. The number of nitrogens with two attached hydrogens (primary N) is 1. The molecule has 2 heterocycles. The van der Waals surface area contributed by atoms with Crippen molar-refractivity contribution in [1.82, 2.24) is 15.0 Å². The van der Waals surface area contributed by atoms with Crippen molar-refractivity contribution in [2.24, 2.45) is 11.1 Å². The average Bonchev–Trinajstić information content (AvgIpc) is 2.86. The number of methoxy groups -OCH3 is 1. The van der Waals surface area contributed by atoms with Crippen LogP contribution >= 0.6 is 0 Å². The number of benzene rings is 1. The quantitative estimate of drug-likeness (QED) is 0.418. The van der Waals surface area contributed by atoms with Crippen molar-refractivity contribution >= 4 is 11.7 Å². The van der Waals surface area contributed by atoms with Gasteiger partial charge in [-0.2, -0.15) is 0 Å². The summed E-state index contributed by atoms with van der Waals surface area (Å²) in [5, 5.41) is 23.0. The van der Waals surface area contributed by atoms with Gasteiger partial charge in [0.1, 0.15) is 12.4 Å². The number of anilines is 1. The van der Waals surface area contributed by atoms with Gasteiger partial charge in [0.25, 0.3) is 0 Å². The second kappa shape index (κ2) is 10.7. The Morgan fingerprint density at radius 1 is 1.14 bits per heavy atom. The molecule has 0 radical (unpaired) electrons. The molecular formula is C25H28FN5O4. The van der Waals surface area contributed by atoms with E-state index in [0.717, 1.165) is 16.8 Å². The van der Waals surface area contributed by atoms with Crippen LogP contribution in [0.15, 0.2) is 41.6 Å². The molecule has 4 N–H and O–H groups in total. The highest BCUT2D eigenvalue weighted by Gasteiger charge is 2.31. The highest BCUT2D eigenvalue weighted by molar-refractivity contribution is 6.03. The molecule has 1 unspecified atom stereocenters. The lowest BCUT2D eigenvalue weighted by atomic mass is 9.79. The molecule has 35 heavy (non-hydrogen) atoms. The molecular weight excluding hydrogens is 453 g/mol. The Morgan fingerprint density at radius 3 is 2.69 bits per heavy atom. The summed E-state index contributed by atoms with van der Waals surface area (Å²) in [6.45, 7) is 1.46. The lowest BCUT2D eigenvalue weighted by molar-refractivity contribution is 0.0481. The zero-order valence-corrected chi connectivity index (χ0v) is 19.6. The van der Waals surface area contributed by atoms with Crippen LogP contribution in [0, 0.1) is 18.7 Å². The molecule has 184 valence electrons. The van der Waals surface area contributed by atoms with E-state index in [1.54, 1.807) is 12.1 Å². The number of hydrogen-bond donors (Lipinski definition) is 3. The number of nitrogens with zero attached hydrogens (tertiary/aromatic N) is 4. The van der Waals surface area contributed by atoms with Crippen LogP contribution in [0.4, 0.5) is 10.3 Å². The molecule has 1 aliphatic rings. The lowest BCUT2D eigenvalue weighted by Gasteiger charge is -2.28. The minimum atomic E-state index is -0.440. The fraction of sp³-hybridized carbons (Fsp3) is 0.360. The van der Waals surface area contributed by atoms with Gasteiger partial charge >= 0.3 is 0 Å². The first kappa shape index (κ1) is 24.5. The minimum Gasteiger partial charge on any atom is -0.481 e. The fourth-order valence-corrected chi connectivity index (χ4v) is 4.29. The van der Waals surface area contributed by atoms with E-state index in [0.29, 0.717) is 41.4 Å². The van der Waals surface area contributed by atoms with Crippen LogP contribution < -0.4 is 10.5 Å². The van der Waals surface area contributed by atoms with Crippen molar-refractivity contribution in [1.29, 1.82) is 0 Å².